The Hall–Kier alpha value is -1.10. The molecule has 1 saturated carbocycles. The van der Waals surface area contributed by atoms with Gasteiger partial charge in [-0.2, -0.15) is 0 Å². The van der Waals surface area contributed by atoms with E-state index in [0.717, 1.165) is 12.8 Å². The Morgan fingerprint density at radius 1 is 1.44 bits per heavy atom. The van der Waals surface area contributed by atoms with Gasteiger partial charge < -0.3 is 14.7 Å². The normalized spacial score (nSPS) is 16.9. The van der Waals surface area contributed by atoms with E-state index >= 15 is 0 Å². The van der Waals surface area contributed by atoms with Crippen LogP contribution in [0.1, 0.15) is 26.2 Å². The highest BCUT2D eigenvalue weighted by molar-refractivity contribution is 5.88. The SMILES string of the molecule is CCN(CC(=O)O)C(=O)C1(CCOC)CC1. The van der Waals surface area contributed by atoms with Gasteiger partial charge in [-0.1, -0.05) is 0 Å². The number of rotatable bonds is 7. The topological polar surface area (TPSA) is 66.8 Å². The van der Waals surface area contributed by atoms with Gasteiger partial charge in [0.15, 0.2) is 0 Å². The first kappa shape index (κ1) is 13.0. The molecule has 0 unspecified atom stereocenters. The van der Waals surface area contributed by atoms with Gasteiger partial charge in [-0.15, -0.1) is 0 Å². The molecule has 0 heterocycles. The molecule has 0 aliphatic heterocycles. The van der Waals surface area contributed by atoms with Gasteiger partial charge in [0.2, 0.25) is 5.91 Å². The van der Waals surface area contributed by atoms with E-state index in [-0.39, 0.29) is 17.9 Å². The fourth-order valence-corrected chi connectivity index (χ4v) is 1.85. The molecule has 0 atom stereocenters. The van der Waals surface area contributed by atoms with E-state index in [4.69, 9.17) is 9.84 Å². The maximum absolute atomic E-state index is 12.1. The molecule has 1 N–H and O–H groups in total. The molecule has 0 aromatic carbocycles. The molecule has 0 aromatic rings. The smallest absolute Gasteiger partial charge is 0.323 e. The highest BCUT2D eigenvalue weighted by Crippen LogP contribution is 2.50. The third kappa shape index (κ3) is 2.95. The maximum atomic E-state index is 12.1. The monoisotopic (exact) mass is 229 g/mol. The molecule has 1 rings (SSSR count). The number of nitrogens with zero attached hydrogens (tertiary/aromatic N) is 1. The predicted octanol–water partition coefficient (Wildman–Crippen LogP) is 0.736. The van der Waals surface area contributed by atoms with Crippen molar-refractivity contribution in [3.05, 3.63) is 0 Å². The lowest BCUT2D eigenvalue weighted by Crippen LogP contribution is -2.40. The van der Waals surface area contributed by atoms with Crippen molar-refractivity contribution < 1.29 is 19.4 Å². The van der Waals surface area contributed by atoms with Crippen LogP contribution in [0.15, 0.2) is 0 Å². The minimum absolute atomic E-state index is 0.0329. The van der Waals surface area contributed by atoms with Crippen LogP contribution in [0.3, 0.4) is 0 Å². The summed E-state index contributed by atoms with van der Waals surface area (Å²) in [6, 6.07) is 0. The van der Waals surface area contributed by atoms with Crippen molar-refractivity contribution in [3.8, 4) is 0 Å². The second-order valence-corrected chi connectivity index (χ2v) is 4.24. The third-order valence-electron chi connectivity index (χ3n) is 3.09. The van der Waals surface area contributed by atoms with E-state index in [2.05, 4.69) is 0 Å². The highest BCUT2D eigenvalue weighted by Gasteiger charge is 2.50. The Bertz CT molecular complexity index is 273. The standard InChI is InChI=1S/C11H19NO4/c1-3-12(8-9(13)14)10(15)11(4-5-11)6-7-16-2/h3-8H2,1-2H3,(H,13,14). The van der Waals surface area contributed by atoms with Crippen molar-refractivity contribution in [2.24, 2.45) is 5.41 Å². The van der Waals surface area contributed by atoms with Crippen LogP contribution in [-0.2, 0) is 14.3 Å². The summed E-state index contributed by atoms with van der Waals surface area (Å²) in [5.74, 6) is -0.993. The van der Waals surface area contributed by atoms with Crippen molar-refractivity contribution in [2.45, 2.75) is 26.2 Å². The molecule has 1 amide bonds. The van der Waals surface area contributed by atoms with Gasteiger partial charge >= 0.3 is 5.97 Å². The molecule has 92 valence electrons. The van der Waals surface area contributed by atoms with Gasteiger partial charge in [-0.05, 0) is 26.2 Å². The summed E-state index contributed by atoms with van der Waals surface area (Å²) < 4.78 is 4.98. The van der Waals surface area contributed by atoms with Gasteiger partial charge in [0, 0.05) is 20.3 Å². The molecule has 0 spiro atoms. The minimum Gasteiger partial charge on any atom is -0.480 e. The number of carboxylic acid groups (broad SMARTS) is 1. The lowest BCUT2D eigenvalue weighted by molar-refractivity contribution is -0.147. The second-order valence-electron chi connectivity index (χ2n) is 4.24. The first-order chi connectivity index (χ1) is 7.55. The van der Waals surface area contributed by atoms with Crippen LogP contribution in [0, 0.1) is 5.41 Å². The van der Waals surface area contributed by atoms with E-state index in [1.54, 1.807) is 14.0 Å². The van der Waals surface area contributed by atoms with Crippen molar-refractivity contribution in [2.75, 3.05) is 26.8 Å². The van der Waals surface area contributed by atoms with Crippen molar-refractivity contribution in [1.29, 1.82) is 0 Å². The van der Waals surface area contributed by atoms with Crippen LogP contribution in [0.4, 0.5) is 0 Å². The van der Waals surface area contributed by atoms with Crippen LogP contribution < -0.4 is 0 Å². The van der Waals surface area contributed by atoms with Crippen LogP contribution in [0.2, 0.25) is 0 Å². The van der Waals surface area contributed by atoms with Crippen molar-refractivity contribution in [1.82, 2.24) is 4.90 Å². The number of amides is 1. The summed E-state index contributed by atoms with van der Waals surface area (Å²) in [7, 11) is 1.61. The van der Waals surface area contributed by atoms with Gasteiger partial charge in [0.1, 0.15) is 6.54 Å². The molecule has 16 heavy (non-hydrogen) atoms. The summed E-state index contributed by atoms with van der Waals surface area (Å²) in [5, 5.41) is 8.71. The second kappa shape index (κ2) is 5.30. The molecule has 5 nitrogen and oxygen atoms in total. The minimum atomic E-state index is -0.960. The Kier molecular flexibility index (Phi) is 4.29. The molecule has 1 aliphatic rings. The molecule has 5 heteroatoms. The van der Waals surface area contributed by atoms with Crippen LogP contribution >= 0.6 is 0 Å². The molecule has 0 bridgehead atoms. The van der Waals surface area contributed by atoms with E-state index in [1.165, 1.54) is 4.90 Å². The van der Waals surface area contributed by atoms with Gasteiger partial charge in [0.05, 0.1) is 5.41 Å². The van der Waals surface area contributed by atoms with Gasteiger partial charge in [0.25, 0.3) is 0 Å². The molecule has 0 saturated heterocycles. The molecule has 1 aliphatic carbocycles. The first-order valence-corrected chi connectivity index (χ1v) is 5.56. The number of hydrogen-bond donors (Lipinski definition) is 1. The predicted molar refractivity (Wildman–Crippen MR) is 58.0 cm³/mol. The highest BCUT2D eigenvalue weighted by atomic mass is 16.5. The van der Waals surface area contributed by atoms with E-state index < -0.39 is 5.97 Å². The number of carbonyl (C=O) groups excluding carboxylic acids is 1. The Morgan fingerprint density at radius 3 is 2.44 bits per heavy atom. The number of carboxylic acids is 1. The van der Waals surface area contributed by atoms with E-state index in [0.29, 0.717) is 19.6 Å². The lowest BCUT2D eigenvalue weighted by Gasteiger charge is -2.24. The van der Waals surface area contributed by atoms with E-state index in [9.17, 15) is 9.59 Å². The number of carbonyl (C=O) groups is 2. The number of likely N-dealkylation sites (N-methyl/N-ethyl adjacent to an activating group) is 1. The average Bonchev–Trinajstić information content (AvgIpc) is 3.03. The number of ether oxygens (including phenoxy) is 1. The Morgan fingerprint density at radius 2 is 2.06 bits per heavy atom. The summed E-state index contributed by atoms with van der Waals surface area (Å²) in [4.78, 5) is 24.1. The number of aliphatic carboxylic acids is 1. The zero-order chi connectivity index (χ0) is 12.2. The van der Waals surface area contributed by atoms with Crippen molar-refractivity contribution >= 4 is 11.9 Å². The molecule has 1 fully saturated rings. The summed E-state index contributed by atoms with van der Waals surface area (Å²) in [6.07, 6.45) is 2.40. The lowest BCUT2D eigenvalue weighted by atomic mass is 10.0. The summed E-state index contributed by atoms with van der Waals surface area (Å²) >= 11 is 0. The van der Waals surface area contributed by atoms with Gasteiger partial charge in [-0.3, -0.25) is 9.59 Å². The number of hydrogen-bond acceptors (Lipinski definition) is 3. The fraction of sp³-hybridized carbons (Fsp3) is 0.818. The molecular weight excluding hydrogens is 210 g/mol. The number of methoxy groups -OCH3 is 1. The summed E-state index contributed by atoms with van der Waals surface area (Å²) in [5.41, 5.74) is -0.332. The zero-order valence-corrected chi connectivity index (χ0v) is 9.86. The Balaban J connectivity index is 2.57. The van der Waals surface area contributed by atoms with Gasteiger partial charge in [-0.25, -0.2) is 0 Å². The maximum Gasteiger partial charge on any atom is 0.323 e. The third-order valence-corrected chi connectivity index (χ3v) is 3.09. The molecular formula is C11H19NO4. The van der Waals surface area contributed by atoms with Crippen LogP contribution in [-0.4, -0.2) is 48.7 Å². The zero-order valence-electron chi connectivity index (χ0n) is 9.86. The average molecular weight is 229 g/mol. The van der Waals surface area contributed by atoms with Crippen molar-refractivity contribution in [3.63, 3.8) is 0 Å². The molecule has 0 aromatic heterocycles. The van der Waals surface area contributed by atoms with E-state index in [1.807, 2.05) is 0 Å². The quantitative estimate of drug-likeness (QED) is 0.699. The summed E-state index contributed by atoms with van der Waals surface area (Å²) in [6.45, 7) is 2.59. The first-order valence-electron chi connectivity index (χ1n) is 5.56. The van der Waals surface area contributed by atoms with Crippen LogP contribution in [0.25, 0.3) is 0 Å². The molecule has 0 radical (unpaired) electrons. The fourth-order valence-electron chi connectivity index (χ4n) is 1.85. The largest absolute Gasteiger partial charge is 0.480 e. The van der Waals surface area contributed by atoms with Crippen LogP contribution in [0.5, 0.6) is 0 Å². The Labute approximate surface area is 95.4 Å².